The van der Waals surface area contributed by atoms with Crippen LogP contribution in [0.4, 0.5) is 0 Å². The normalized spacial score (nSPS) is 16.7. The van der Waals surface area contributed by atoms with E-state index >= 15 is 0 Å². The van der Waals surface area contributed by atoms with E-state index in [2.05, 4.69) is 15.1 Å². The van der Waals surface area contributed by atoms with E-state index in [9.17, 15) is 4.79 Å². The van der Waals surface area contributed by atoms with E-state index in [1.807, 2.05) is 24.3 Å². The summed E-state index contributed by atoms with van der Waals surface area (Å²) in [6.07, 6.45) is 3.28. The number of hydrogen-bond donors (Lipinski definition) is 0. The fraction of sp³-hybridized carbons (Fsp3) is 0.263. The third kappa shape index (κ3) is 2.92. The second kappa shape index (κ2) is 6.95. The highest BCUT2D eigenvalue weighted by molar-refractivity contribution is 5.92. The molecule has 0 aliphatic carbocycles. The minimum absolute atomic E-state index is 0.120. The summed E-state index contributed by atoms with van der Waals surface area (Å²) < 4.78 is 10.8. The lowest BCUT2D eigenvalue weighted by molar-refractivity contribution is 0.0704. The molecule has 1 aliphatic rings. The van der Waals surface area contributed by atoms with Gasteiger partial charge in [0.2, 0.25) is 11.7 Å². The molecule has 1 aliphatic heterocycles. The van der Waals surface area contributed by atoms with Gasteiger partial charge in [0.1, 0.15) is 17.5 Å². The summed E-state index contributed by atoms with van der Waals surface area (Å²) in [5, 5.41) is 4.09. The number of hydrogen-bond acceptors (Lipinski definition) is 6. The Morgan fingerprint density at radius 1 is 1.23 bits per heavy atom. The summed E-state index contributed by atoms with van der Waals surface area (Å²) in [6, 6.07) is 12.6. The molecular weight excluding hydrogens is 332 g/mol. The van der Waals surface area contributed by atoms with Gasteiger partial charge in [0.25, 0.3) is 5.91 Å². The molecule has 7 heteroatoms. The Morgan fingerprint density at radius 2 is 2.08 bits per heavy atom. The Bertz CT molecular complexity index is 910. The van der Waals surface area contributed by atoms with E-state index in [0.29, 0.717) is 29.7 Å². The van der Waals surface area contributed by atoms with E-state index in [-0.39, 0.29) is 11.9 Å². The van der Waals surface area contributed by atoms with Gasteiger partial charge in [-0.2, -0.15) is 4.98 Å². The van der Waals surface area contributed by atoms with Crippen LogP contribution in [0.3, 0.4) is 0 Å². The first kappa shape index (κ1) is 16.3. The van der Waals surface area contributed by atoms with Crippen molar-refractivity contribution in [1.82, 2.24) is 20.0 Å². The molecule has 132 valence electrons. The average molecular weight is 350 g/mol. The van der Waals surface area contributed by atoms with Gasteiger partial charge in [0, 0.05) is 12.7 Å². The van der Waals surface area contributed by atoms with Crippen LogP contribution in [-0.2, 0) is 0 Å². The van der Waals surface area contributed by atoms with Crippen molar-refractivity contribution >= 4 is 5.91 Å². The quantitative estimate of drug-likeness (QED) is 0.719. The molecule has 1 fully saturated rings. The molecule has 0 spiro atoms. The number of aromatic nitrogens is 3. The van der Waals surface area contributed by atoms with Gasteiger partial charge >= 0.3 is 0 Å². The summed E-state index contributed by atoms with van der Waals surface area (Å²) in [6.45, 7) is 0.645. The molecule has 1 atom stereocenters. The van der Waals surface area contributed by atoms with Crippen LogP contribution >= 0.6 is 0 Å². The summed E-state index contributed by atoms with van der Waals surface area (Å²) >= 11 is 0. The molecule has 3 aromatic rings. The molecule has 0 N–H and O–H groups in total. The van der Waals surface area contributed by atoms with Crippen LogP contribution in [-0.4, -0.2) is 39.6 Å². The number of rotatable bonds is 4. The predicted octanol–water partition coefficient (Wildman–Crippen LogP) is 3.12. The minimum atomic E-state index is -0.236. The molecule has 1 amide bonds. The van der Waals surface area contributed by atoms with Crippen molar-refractivity contribution in [2.24, 2.45) is 0 Å². The molecule has 26 heavy (non-hydrogen) atoms. The fourth-order valence-corrected chi connectivity index (χ4v) is 3.21. The van der Waals surface area contributed by atoms with Crippen LogP contribution in [0.1, 0.15) is 35.3 Å². The molecule has 2 aromatic heterocycles. The van der Waals surface area contributed by atoms with E-state index < -0.39 is 0 Å². The molecule has 0 bridgehead atoms. The maximum absolute atomic E-state index is 12.8. The Labute approximate surface area is 150 Å². The Morgan fingerprint density at radius 3 is 2.88 bits per heavy atom. The van der Waals surface area contributed by atoms with Crippen molar-refractivity contribution < 1.29 is 14.1 Å². The van der Waals surface area contributed by atoms with E-state index in [4.69, 9.17) is 9.26 Å². The van der Waals surface area contributed by atoms with Gasteiger partial charge in [-0.15, -0.1) is 0 Å². The van der Waals surface area contributed by atoms with E-state index in [1.54, 1.807) is 36.4 Å². The van der Waals surface area contributed by atoms with Gasteiger partial charge in [-0.3, -0.25) is 9.78 Å². The maximum Gasteiger partial charge on any atom is 0.273 e. The lowest BCUT2D eigenvalue weighted by atomic mass is 10.2. The topological polar surface area (TPSA) is 81.4 Å². The zero-order chi connectivity index (χ0) is 17.9. The highest BCUT2D eigenvalue weighted by Gasteiger charge is 2.35. The van der Waals surface area contributed by atoms with Gasteiger partial charge in [-0.25, -0.2) is 0 Å². The lowest BCUT2D eigenvalue weighted by Crippen LogP contribution is -2.31. The Kier molecular flexibility index (Phi) is 4.35. The van der Waals surface area contributed by atoms with Crippen LogP contribution in [0.25, 0.3) is 11.4 Å². The number of amides is 1. The van der Waals surface area contributed by atoms with Gasteiger partial charge in [-0.1, -0.05) is 23.4 Å². The van der Waals surface area contributed by atoms with Crippen LogP contribution in [0.15, 0.2) is 53.2 Å². The van der Waals surface area contributed by atoms with Crippen molar-refractivity contribution in [1.29, 1.82) is 0 Å². The standard InChI is InChI=1S/C19H18N4O3/c1-25-16-10-3-2-7-13(16)17-21-18(26-22-17)15-9-6-12-23(15)19(24)14-8-4-5-11-20-14/h2-5,7-8,10-11,15H,6,9,12H2,1H3/t15-/m1/s1. The number of carbonyl (C=O) groups is 1. The Balaban J connectivity index is 1.61. The van der Waals surface area contributed by atoms with Crippen LogP contribution in [0.2, 0.25) is 0 Å². The van der Waals surface area contributed by atoms with Crippen LogP contribution in [0.5, 0.6) is 5.75 Å². The van der Waals surface area contributed by atoms with Gasteiger partial charge in [0.15, 0.2) is 0 Å². The summed E-state index contributed by atoms with van der Waals surface area (Å²) in [5.74, 6) is 1.44. The smallest absolute Gasteiger partial charge is 0.273 e. The first-order chi connectivity index (χ1) is 12.8. The van der Waals surface area contributed by atoms with Crippen LogP contribution in [0, 0.1) is 0 Å². The van der Waals surface area contributed by atoms with Crippen molar-refractivity contribution in [2.45, 2.75) is 18.9 Å². The zero-order valence-corrected chi connectivity index (χ0v) is 14.3. The summed E-state index contributed by atoms with van der Waals surface area (Å²) in [4.78, 5) is 23.2. The number of benzene rings is 1. The molecular formula is C19H18N4O3. The van der Waals surface area contributed by atoms with Crippen molar-refractivity contribution in [3.8, 4) is 17.1 Å². The second-order valence-electron chi connectivity index (χ2n) is 6.03. The number of para-hydroxylation sites is 1. The van der Waals surface area contributed by atoms with Gasteiger partial charge in [0.05, 0.1) is 12.7 Å². The molecule has 1 aromatic carbocycles. The maximum atomic E-state index is 12.8. The molecule has 0 radical (unpaired) electrons. The number of carbonyl (C=O) groups excluding carboxylic acids is 1. The first-order valence-electron chi connectivity index (χ1n) is 8.47. The van der Waals surface area contributed by atoms with Crippen molar-refractivity contribution in [3.05, 3.63) is 60.2 Å². The van der Waals surface area contributed by atoms with E-state index in [1.165, 1.54) is 0 Å². The Hall–Kier alpha value is -3.22. The molecule has 3 heterocycles. The second-order valence-corrected chi connectivity index (χ2v) is 6.03. The molecule has 7 nitrogen and oxygen atoms in total. The summed E-state index contributed by atoms with van der Waals surface area (Å²) in [7, 11) is 1.60. The van der Waals surface area contributed by atoms with Crippen molar-refractivity contribution in [3.63, 3.8) is 0 Å². The van der Waals surface area contributed by atoms with Gasteiger partial charge < -0.3 is 14.2 Å². The predicted molar refractivity (Wildman–Crippen MR) is 93.5 cm³/mol. The zero-order valence-electron chi connectivity index (χ0n) is 14.3. The molecule has 1 saturated heterocycles. The highest BCUT2D eigenvalue weighted by atomic mass is 16.5. The molecule has 0 saturated carbocycles. The van der Waals surface area contributed by atoms with E-state index in [0.717, 1.165) is 18.4 Å². The lowest BCUT2D eigenvalue weighted by Gasteiger charge is -2.21. The average Bonchev–Trinajstić information content (AvgIpc) is 3.37. The number of ether oxygens (including phenoxy) is 1. The number of pyridine rings is 1. The third-order valence-corrected chi connectivity index (χ3v) is 4.47. The fourth-order valence-electron chi connectivity index (χ4n) is 3.21. The number of nitrogens with zero attached hydrogens (tertiary/aromatic N) is 4. The molecule has 4 rings (SSSR count). The first-order valence-corrected chi connectivity index (χ1v) is 8.47. The molecule has 0 unspecified atom stereocenters. The minimum Gasteiger partial charge on any atom is -0.496 e. The monoisotopic (exact) mass is 350 g/mol. The third-order valence-electron chi connectivity index (χ3n) is 4.47. The van der Waals surface area contributed by atoms with Gasteiger partial charge in [-0.05, 0) is 37.1 Å². The van der Waals surface area contributed by atoms with Crippen molar-refractivity contribution in [2.75, 3.05) is 13.7 Å². The number of methoxy groups -OCH3 is 1. The largest absolute Gasteiger partial charge is 0.496 e. The van der Waals surface area contributed by atoms with Crippen LogP contribution < -0.4 is 4.74 Å². The SMILES string of the molecule is COc1ccccc1-c1noc([C@H]2CCCN2C(=O)c2ccccn2)n1. The number of likely N-dealkylation sites (tertiary alicyclic amines) is 1. The highest BCUT2D eigenvalue weighted by Crippen LogP contribution is 2.34. The summed E-state index contributed by atoms with van der Waals surface area (Å²) in [5.41, 5.74) is 1.18.